The van der Waals surface area contributed by atoms with E-state index in [1.807, 2.05) is 33.8 Å². The Labute approximate surface area is 182 Å². The fraction of sp³-hybridized carbons (Fsp3) is 0.609. The molecule has 1 aromatic carbocycles. The van der Waals surface area contributed by atoms with Gasteiger partial charge in [-0.1, -0.05) is 19.9 Å². The molecular formula is C23H29ClN4O2. The van der Waals surface area contributed by atoms with Crippen molar-refractivity contribution in [1.29, 1.82) is 5.26 Å². The number of nitrogens with two attached hydrogens (primary N) is 1. The van der Waals surface area contributed by atoms with Crippen LogP contribution in [0.15, 0.2) is 23.2 Å². The number of benzene rings is 1. The number of aliphatic imine (C=N–C) groups is 1. The summed E-state index contributed by atoms with van der Waals surface area (Å²) in [7, 11) is 0. The van der Waals surface area contributed by atoms with Crippen molar-refractivity contribution in [1.82, 2.24) is 4.90 Å². The van der Waals surface area contributed by atoms with Crippen LogP contribution in [0.2, 0.25) is 0 Å². The summed E-state index contributed by atoms with van der Waals surface area (Å²) in [5.41, 5.74) is 6.97. The number of aliphatic hydroxyl groups excluding tert-OH is 1. The first-order chi connectivity index (χ1) is 13.9. The molecule has 1 fully saturated rings. The molecule has 1 saturated carbocycles. The van der Waals surface area contributed by atoms with E-state index in [-0.39, 0.29) is 30.2 Å². The molecule has 4 rings (SSSR count). The van der Waals surface area contributed by atoms with Gasteiger partial charge in [0.2, 0.25) is 0 Å². The fourth-order valence-corrected chi connectivity index (χ4v) is 6.22. The summed E-state index contributed by atoms with van der Waals surface area (Å²) in [5.74, 6) is 0.0596. The number of alkyl halides is 1. The minimum absolute atomic E-state index is 0.0260. The number of hydrogen-bond acceptors (Lipinski definition) is 5. The van der Waals surface area contributed by atoms with Crippen LogP contribution in [0.4, 0.5) is 0 Å². The molecular weight excluding hydrogens is 400 g/mol. The quantitative estimate of drug-likeness (QED) is 0.707. The summed E-state index contributed by atoms with van der Waals surface area (Å²) < 4.78 is 0. The van der Waals surface area contributed by atoms with Gasteiger partial charge in [0.05, 0.1) is 22.6 Å². The van der Waals surface area contributed by atoms with Crippen LogP contribution in [0.5, 0.6) is 0 Å². The highest BCUT2D eigenvalue weighted by molar-refractivity contribution is 6.24. The number of amides is 1. The van der Waals surface area contributed by atoms with Gasteiger partial charge in [-0.25, -0.2) is 4.99 Å². The van der Waals surface area contributed by atoms with Crippen molar-refractivity contribution in [2.75, 3.05) is 6.54 Å². The molecule has 1 aliphatic heterocycles. The lowest BCUT2D eigenvalue weighted by Crippen LogP contribution is -2.56. The number of fused-ring (bicyclic) bond motifs is 3. The summed E-state index contributed by atoms with van der Waals surface area (Å²) in [6.45, 7) is 8.00. The van der Waals surface area contributed by atoms with Gasteiger partial charge in [-0.3, -0.25) is 9.69 Å². The average Bonchev–Trinajstić information content (AvgIpc) is 3.05. The molecule has 30 heavy (non-hydrogen) atoms. The first kappa shape index (κ1) is 21.1. The Morgan fingerprint density at radius 3 is 2.57 bits per heavy atom. The van der Waals surface area contributed by atoms with Crippen LogP contribution >= 0.6 is 11.6 Å². The van der Waals surface area contributed by atoms with E-state index in [0.717, 1.165) is 11.1 Å². The second-order valence-corrected chi connectivity index (χ2v) is 11.1. The van der Waals surface area contributed by atoms with E-state index in [0.29, 0.717) is 24.8 Å². The first-order valence-electron chi connectivity index (χ1n) is 10.5. The maximum atomic E-state index is 14.1. The standard InChI is InChI=1S/C23H29ClN4O2/c1-13-8-22(9-14(2)18(13)29)10-16-6-5-15(11-25)7-17(16)23(22)19(30)28(20(26)27-23)12-21(3,4)24/h5-7,13-14,18,29H,8-10,12H2,1-4H3,(H2,26,27)/t13-,14+,18+,22+,23-/m1/s1. The molecule has 1 amide bonds. The van der Waals surface area contributed by atoms with E-state index in [1.54, 1.807) is 12.1 Å². The van der Waals surface area contributed by atoms with Crippen LogP contribution in [-0.4, -0.2) is 39.4 Å². The predicted octanol–water partition coefficient (Wildman–Crippen LogP) is 2.90. The van der Waals surface area contributed by atoms with E-state index in [9.17, 15) is 15.2 Å². The molecule has 0 unspecified atom stereocenters. The Hall–Kier alpha value is -2.10. The lowest BCUT2D eigenvalue weighted by atomic mass is 9.56. The zero-order valence-electron chi connectivity index (χ0n) is 17.9. The van der Waals surface area contributed by atoms with E-state index >= 15 is 0 Å². The van der Waals surface area contributed by atoms with Crippen LogP contribution in [0.1, 0.15) is 57.2 Å². The summed E-state index contributed by atoms with van der Waals surface area (Å²) >= 11 is 6.45. The third-order valence-electron chi connectivity index (χ3n) is 7.16. The summed E-state index contributed by atoms with van der Waals surface area (Å²) in [4.78, 5) is 19.8. The summed E-state index contributed by atoms with van der Waals surface area (Å²) in [5, 5.41) is 20.1. The van der Waals surface area contributed by atoms with E-state index in [4.69, 9.17) is 22.3 Å². The van der Waals surface area contributed by atoms with E-state index < -0.39 is 21.9 Å². The number of carbonyl (C=O) groups is 1. The largest absolute Gasteiger partial charge is 0.393 e. The molecule has 6 nitrogen and oxygen atoms in total. The van der Waals surface area contributed by atoms with Crippen LogP contribution in [-0.2, 0) is 16.8 Å². The second kappa shape index (κ2) is 6.70. The molecule has 3 aliphatic rings. The van der Waals surface area contributed by atoms with Crippen molar-refractivity contribution in [3.8, 4) is 6.07 Å². The maximum Gasteiger partial charge on any atom is 0.262 e. The Bertz CT molecular complexity index is 964. The highest BCUT2D eigenvalue weighted by atomic mass is 35.5. The van der Waals surface area contributed by atoms with Gasteiger partial charge in [-0.05, 0) is 68.2 Å². The number of nitriles is 1. The molecule has 0 aromatic heterocycles. The molecule has 1 aromatic rings. The Morgan fingerprint density at radius 2 is 2.00 bits per heavy atom. The summed E-state index contributed by atoms with van der Waals surface area (Å²) in [6.07, 6.45) is 1.59. The number of aliphatic hydroxyl groups is 1. The SMILES string of the molecule is C[C@@H]1C[C@@]2(Cc3ccc(C#N)cc3[C@]23N=C(N)N(CC(C)(C)Cl)C3=O)C[C@H](C)[C@H]1O. The van der Waals surface area contributed by atoms with Gasteiger partial charge in [-0.15, -0.1) is 11.6 Å². The topological polar surface area (TPSA) is 103 Å². The van der Waals surface area contributed by atoms with E-state index in [2.05, 4.69) is 6.07 Å². The number of guanidine groups is 1. The highest BCUT2D eigenvalue weighted by Gasteiger charge is 2.68. The molecule has 7 heteroatoms. The van der Waals surface area contributed by atoms with Crippen LogP contribution in [0.3, 0.4) is 0 Å². The van der Waals surface area contributed by atoms with Crippen molar-refractivity contribution >= 4 is 23.5 Å². The smallest absolute Gasteiger partial charge is 0.262 e. The number of carbonyl (C=O) groups excluding carboxylic acids is 1. The fourth-order valence-electron chi connectivity index (χ4n) is 6.10. The van der Waals surface area contributed by atoms with Gasteiger partial charge in [0.25, 0.3) is 5.91 Å². The molecule has 0 radical (unpaired) electrons. The van der Waals surface area contributed by atoms with Crippen molar-refractivity contribution in [2.45, 2.75) is 63.5 Å². The van der Waals surface area contributed by atoms with Gasteiger partial charge in [0.1, 0.15) is 0 Å². The molecule has 0 saturated heterocycles. The Kier molecular flexibility index (Phi) is 4.72. The molecule has 2 aliphatic carbocycles. The van der Waals surface area contributed by atoms with Gasteiger partial charge >= 0.3 is 0 Å². The number of halogens is 1. The van der Waals surface area contributed by atoms with Crippen molar-refractivity contribution in [3.63, 3.8) is 0 Å². The molecule has 1 heterocycles. The van der Waals surface area contributed by atoms with Gasteiger partial charge in [0.15, 0.2) is 11.5 Å². The maximum absolute atomic E-state index is 14.1. The van der Waals surface area contributed by atoms with Crippen LogP contribution in [0.25, 0.3) is 0 Å². The predicted molar refractivity (Wildman–Crippen MR) is 116 cm³/mol. The lowest BCUT2D eigenvalue weighted by Gasteiger charge is -2.49. The van der Waals surface area contributed by atoms with Crippen LogP contribution in [0, 0.1) is 28.6 Å². The monoisotopic (exact) mass is 428 g/mol. The molecule has 160 valence electrons. The van der Waals surface area contributed by atoms with E-state index in [1.165, 1.54) is 4.90 Å². The average molecular weight is 429 g/mol. The second-order valence-electron chi connectivity index (χ2n) is 10.1. The van der Waals surface area contributed by atoms with Gasteiger partial charge < -0.3 is 10.8 Å². The third kappa shape index (κ3) is 2.86. The molecule has 3 N–H and O–H groups in total. The Balaban J connectivity index is 1.92. The Morgan fingerprint density at radius 1 is 1.37 bits per heavy atom. The minimum Gasteiger partial charge on any atom is -0.393 e. The first-order valence-corrected chi connectivity index (χ1v) is 10.9. The van der Waals surface area contributed by atoms with Crippen molar-refractivity contribution < 1.29 is 9.90 Å². The van der Waals surface area contributed by atoms with Crippen molar-refractivity contribution in [3.05, 3.63) is 34.9 Å². The third-order valence-corrected chi connectivity index (χ3v) is 7.28. The van der Waals surface area contributed by atoms with Crippen molar-refractivity contribution in [2.24, 2.45) is 28.0 Å². The summed E-state index contributed by atoms with van der Waals surface area (Å²) in [6, 6.07) is 7.73. The van der Waals surface area contributed by atoms with Gasteiger partial charge in [-0.2, -0.15) is 5.26 Å². The number of rotatable bonds is 2. The zero-order chi connectivity index (χ0) is 22.1. The minimum atomic E-state index is -1.18. The molecule has 5 atom stereocenters. The molecule has 2 spiro atoms. The molecule has 0 bridgehead atoms. The zero-order valence-corrected chi connectivity index (χ0v) is 18.7. The van der Waals surface area contributed by atoms with Gasteiger partial charge in [0, 0.05) is 12.0 Å². The highest BCUT2D eigenvalue weighted by Crippen LogP contribution is 2.63. The number of hydrogen-bond donors (Lipinski definition) is 2. The lowest BCUT2D eigenvalue weighted by molar-refractivity contribution is -0.141. The van der Waals surface area contributed by atoms with Crippen LogP contribution < -0.4 is 5.73 Å². The number of nitrogens with zero attached hydrogens (tertiary/aromatic N) is 3. The normalized spacial score (nSPS) is 35.6.